The minimum Gasteiger partial charge on any atom is -0.397 e. The number of hydrogen-bond donors (Lipinski definition) is 1. The van der Waals surface area contributed by atoms with E-state index in [4.69, 9.17) is 5.73 Å². The molecule has 18 heavy (non-hydrogen) atoms. The molecule has 4 nitrogen and oxygen atoms in total. The van der Waals surface area contributed by atoms with Gasteiger partial charge in [0.05, 0.1) is 28.6 Å². The second kappa shape index (κ2) is 5.35. The first-order valence-corrected chi connectivity index (χ1v) is 6.40. The van der Waals surface area contributed by atoms with E-state index in [9.17, 15) is 0 Å². The molecule has 0 aromatic carbocycles. The van der Waals surface area contributed by atoms with Crippen LogP contribution in [0.1, 0.15) is 11.3 Å². The van der Waals surface area contributed by atoms with Crippen molar-refractivity contribution in [3.8, 4) is 0 Å². The average molecular weight is 307 g/mol. The van der Waals surface area contributed by atoms with Gasteiger partial charge in [0.25, 0.3) is 0 Å². The van der Waals surface area contributed by atoms with Gasteiger partial charge in [-0.1, -0.05) is 6.07 Å². The Bertz CT molecular complexity index is 542. The van der Waals surface area contributed by atoms with Crippen LogP contribution in [0, 0.1) is 6.92 Å². The van der Waals surface area contributed by atoms with Gasteiger partial charge in [0.1, 0.15) is 5.82 Å². The third-order valence-corrected chi connectivity index (χ3v) is 3.72. The molecule has 2 rings (SSSR count). The predicted octanol–water partition coefficient (Wildman–Crippen LogP) is 2.77. The lowest BCUT2D eigenvalue weighted by atomic mass is 10.2. The zero-order valence-corrected chi connectivity index (χ0v) is 12.0. The Morgan fingerprint density at radius 3 is 2.78 bits per heavy atom. The maximum Gasteiger partial charge on any atom is 0.143 e. The summed E-state index contributed by atoms with van der Waals surface area (Å²) in [5, 5.41) is 0. The first-order chi connectivity index (χ1) is 8.59. The fourth-order valence-electron chi connectivity index (χ4n) is 1.65. The third kappa shape index (κ3) is 2.61. The molecular weight excluding hydrogens is 292 g/mol. The molecule has 5 heteroatoms. The molecule has 0 atom stereocenters. The molecule has 2 aromatic rings. The first kappa shape index (κ1) is 12.8. The maximum absolute atomic E-state index is 5.82. The molecule has 2 aromatic heterocycles. The number of halogens is 1. The van der Waals surface area contributed by atoms with Crippen LogP contribution in [0.3, 0.4) is 0 Å². The highest BCUT2D eigenvalue weighted by Crippen LogP contribution is 2.30. The van der Waals surface area contributed by atoms with Gasteiger partial charge in [-0.2, -0.15) is 0 Å². The Hall–Kier alpha value is -1.62. The van der Waals surface area contributed by atoms with Crippen molar-refractivity contribution in [3.05, 3.63) is 46.3 Å². The minimum absolute atomic E-state index is 0.692. The highest BCUT2D eigenvalue weighted by atomic mass is 79.9. The number of nitrogen functional groups attached to an aromatic ring is 1. The molecule has 0 amide bonds. The van der Waals surface area contributed by atoms with Crippen LogP contribution in [0.4, 0.5) is 11.5 Å². The number of aromatic nitrogens is 2. The minimum atomic E-state index is 0.692. The van der Waals surface area contributed by atoms with Crippen molar-refractivity contribution in [1.82, 2.24) is 9.97 Å². The van der Waals surface area contributed by atoms with E-state index in [1.165, 1.54) is 0 Å². The molecule has 0 spiro atoms. The third-order valence-electron chi connectivity index (χ3n) is 2.77. The Kier molecular flexibility index (Phi) is 3.81. The van der Waals surface area contributed by atoms with E-state index >= 15 is 0 Å². The smallest absolute Gasteiger partial charge is 0.143 e. The van der Waals surface area contributed by atoms with E-state index in [1.54, 1.807) is 12.4 Å². The topological polar surface area (TPSA) is 55.0 Å². The molecule has 0 aliphatic carbocycles. The molecule has 0 aliphatic rings. The molecule has 0 radical (unpaired) electrons. The highest BCUT2D eigenvalue weighted by molar-refractivity contribution is 9.10. The molecule has 0 saturated heterocycles. The van der Waals surface area contributed by atoms with Crippen LogP contribution in [-0.2, 0) is 6.54 Å². The quantitative estimate of drug-likeness (QED) is 0.947. The Morgan fingerprint density at radius 1 is 1.33 bits per heavy atom. The van der Waals surface area contributed by atoms with Crippen LogP contribution in [-0.4, -0.2) is 17.0 Å². The highest BCUT2D eigenvalue weighted by Gasteiger charge is 2.12. The number of nitrogens with zero attached hydrogens (tertiary/aromatic N) is 3. The molecule has 2 heterocycles. The molecule has 0 fully saturated rings. The van der Waals surface area contributed by atoms with E-state index in [0.29, 0.717) is 12.2 Å². The Morgan fingerprint density at radius 2 is 2.11 bits per heavy atom. The Labute approximate surface area is 115 Å². The van der Waals surface area contributed by atoms with Crippen LogP contribution in [0.5, 0.6) is 0 Å². The summed E-state index contributed by atoms with van der Waals surface area (Å²) in [7, 11) is 1.98. The lowest BCUT2D eigenvalue weighted by Gasteiger charge is -2.20. The van der Waals surface area contributed by atoms with Crippen molar-refractivity contribution in [2.75, 3.05) is 17.7 Å². The molecule has 94 valence electrons. The van der Waals surface area contributed by atoms with Crippen molar-refractivity contribution < 1.29 is 0 Å². The maximum atomic E-state index is 5.82. The van der Waals surface area contributed by atoms with Gasteiger partial charge in [0, 0.05) is 13.2 Å². The summed E-state index contributed by atoms with van der Waals surface area (Å²) in [6.45, 7) is 2.68. The number of nitrogens with two attached hydrogens (primary N) is 1. The van der Waals surface area contributed by atoms with Crippen LogP contribution in [0.15, 0.2) is 35.1 Å². The molecule has 0 saturated carbocycles. The Balaban J connectivity index is 2.24. The van der Waals surface area contributed by atoms with Crippen molar-refractivity contribution in [2.45, 2.75) is 13.5 Å². The van der Waals surface area contributed by atoms with Crippen LogP contribution in [0.2, 0.25) is 0 Å². The van der Waals surface area contributed by atoms with Crippen molar-refractivity contribution in [2.24, 2.45) is 0 Å². The van der Waals surface area contributed by atoms with Gasteiger partial charge in [-0.15, -0.1) is 0 Å². The van der Waals surface area contributed by atoms with E-state index in [1.807, 2.05) is 37.1 Å². The van der Waals surface area contributed by atoms with Gasteiger partial charge in [-0.05, 0) is 40.5 Å². The van der Waals surface area contributed by atoms with Gasteiger partial charge < -0.3 is 10.6 Å². The standard InChI is InChI=1S/C13H15BrN4/c1-9-11(15)7-17-13(12(9)14)18(2)8-10-5-3-4-6-16-10/h3-7H,8,15H2,1-2H3. The second-order valence-electron chi connectivity index (χ2n) is 4.15. The number of rotatable bonds is 3. The molecule has 0 aliphatic heterocycles. The molecule has 0 bridgehead atoms. The van der Waals surface area contributed by atoms with Crippen LogP contribution in [0.25, 0.3) is 0 Å². The summed E-state index contributed by atoms with van der Waals surface area (Å²) < 4.78 is 0.931. The fraction of sp³-hybridized carbons (Fsp3) is 0.231. The fourth-order valence-corrected chi connectivity index (χ4v) is 2.29. The van der Waals surface area contributed by atoms with Crippen LogP contribution < -0.4 is 10.6 Å². The predicted molar refractivity (Wildman–Crippen MR) is 77.4 cm³/mol. The summed E-state index contributed by atoms with van der Waals surface area (Å²) >= 11 is 3.54. The first-order valence-electron chi connectivity index (χ1n) is 5.61. The number of hydrogen-bond acceptors (Lipinski definition) is 4. The lowest BCUT2D eigenvalue weighted by molar-refractivity contribution is 0.861. The summed E-state index contributed by atoms with van der Waals surface area (Å²) in [4.78, 5) is 10.7. The van der Waals surface area contributed by atoms with Gasteiger partial charge >= 0.3 is 0 Å². The molecule has 2 N–H and O–H groups in total. The van der Waals surface area contributed by atoms with Crippen molar-refractivity contribution in [1.29, 1.82) is 0 Å². The number of pyridine rings is 2. The van der Waals surface area contributed by atoms with Crippen molar-refractivity contribution >= 4 is 27.4 Å². The van der Waals surface area contributed by atoms with Gasteiger partial charge in [0.15, 0.2) is 0 Å². The van der Waals surface area contributed by atoms with Gasteiger partial charge in [0.2, 0.25) is 0 Å². The van der Waals surface area contributed by atoms with E-state index in [0.717, 1.165) is 21.5 Å². The second-order valence-corrected chi connectivity index (χ2v) is 4.95. The molecular formula is C13H15BrN4. The van der Waals surface area contributed by atoms with E-state index in [2.05, 4.69) is 25.9 Å². The zero-order valence-electron chi connectivity index (χ0n) is 10.4. The largest absolute Gasteiger partial charge is 0.397 e. The van der Waals surface area contributed by atoms with Gasteiger partial charge in [-0.3, -0.25) is 4.98 Å². The van der Waals surface area contributed by atoms with Crippen LogP contribution >= 0.6 is 15.9 Å². The molecule has 0 unspecified atom stereocenters. The van der Waals surface area contributed by atoms with Gasteiger partial charge in [-0.25, -0.2) is 4.98 Å². The number of anilines is 2. The van der Waals surface area contributed by atoms with E-state index < -0.39 is 0 Å². The average Bonchev–Trinajstić information content (AvgIpc) is 2.37. The summed E-state index contributed by atoms with van der Waals surface area (Å²) in [6, 6.07) is 5.88. The zero-order chi connectivity index (χ0) is 13.1. The summed E-state index contributed by atoms with van der Waals surface area (Å²) in [5.74, 6) is 0.868. The monoisotopic (exact) mass is 306 g/mol. The van der Waals surface area contributed by atoms with E-state index in [-0.39, 0.29) is 0 Å². The SMILES string of the molecule is Cc1c(N)cnc(N(C)Cc2ccccn2)c1Br. The summed E-state index contributed by atoms with van der Waals surface area (Å²) in [5.41, 5.74) is 8.52. The van der Waals surface area contributed by atoms with Crippen molar-refractivity contribution in [3.63, 3.8) is 0 Å². The lowest BCUT2D eigenvalue weighted by Crippen LogP contribution is -2.19. The summed E-state index contributed by atoms with van der Waals surface area (Å²) in [6.07, 6.45) is 3.48. The normalized spacial score (nSPS) is 10.4.